The Morgan fingerprint density at radius 2 is 2.00 bits per heavy atom. The first-order chi connectivity index (χ1) is 6.47. The van der Waals surface area contributed by atoms with E-state index in [0.717, 1.165) is 4.47 Å². The third kappa shape index (κ3) is 4.89. The Bertz CT molecular complexity index is 392. The molecule has 1 aromatic heterocycles. The molecule has 0 fully saturated rings. The Balaban J connectivity index is 2.43. The number of nitrogens with zero attached hydrogens (tertiary/aromatic N) is 2. The number of primary sulfonamides is 1. The van der Waals surface area contributed by atoms with Gasteiger partial charge in [0.25, 0.3) is 0 Å². The molecule has 0 aromatic carbocycles. The molecule has 0 saturated carbocycles. The van der Waals surface area contributed by atoms with Crippen molar-refractivity contribution in [2.45, 2.75) is 5.16 Å². The van der Waals surface area contributed by atoms with Crippen molar-refractivity contribution >= 4 is 37.7 Å². The summed E-state index contributed by atoms with van der Waals surface area (Å²) in [4.78, 5) is 7.93. The van der Waals surface area contributed by atoms with Crippen LogP contribution >= 0.6 is 27.7 Å². The SMILES string of the molecule is NS(=O)(=O)CCSc1ncc(Br)cn1. The lowest BCUT2D eigenvalue weighted by molar-refractivity contribution is 0.599. The number of hydrogen-bond acceptors (Lipinski definition) is 5. The molecular weight excluding hydrogens is 290 g/mol. The molecule has 0 aliphatic heterocycles. The second kappa shape index (κ2) is 5.06. The molecule has 2 N–H and O–H groups in total. The first-order valence-electron chi connectivity index (χ1n) is 3.58. The van der Waals surface area contributed by atoms with E-state index in [2.05, 4.69) is 25.9 Å². The van der Waals surface area contributed by atoms with Crippen molar-refractivity contribution in [3.05, 3.63) is 16.9 Å². The zero-order valence-electron chi connectivity index (χ0n) is 7.05. The Kier molecular flexibility index (Phi) is 4.30. The number of aromatic nitrogens is 2. The van der Waals surface area contributed by atoms with E-state index in [1.54, 1.807) is 12.4 Å². The summed E-state index contributed by atoms with van der Waals surface area (Å²) in [5.74, 6) is 0.289. The molecule has 78 valence electrons. The Labute approximate surface area is 94.7 Å². The fourth-order valence-corrected chi connectivity index (χ4v) is 2.53. The van der Waals surface area contributed by atoms with Gasteiger partial charge in [-0.1, -0.05) is 11.8 Å². The minimum absolute atomic E-state index is 0.0723. The molecule has 0 saturated heterocycles. The van der Waals surface area contributed by atoms with E-state index >= 15 is 0 Å². The monoisotopic (exact) mass is 297 g/mol. The molecule has 0 aliphatic rings. The first kappa shape index (κ1) is 11.9. The number of rotatable bonds is 4. The Hall–Kier alpha value is -0.180. The third-order valence-electron chi connectivity index (χ3n) is 1.20. The van der Waals surface area contributed by atoms with Crippen LogP contribution < -0.4 is 5.14 Å². The number of halogens is 1. The fraction of sp³-hybridized carbons (Fsp3) is 0.333. The molecule has 0 unspecified atom stereocenters. The van der Waals surface area contributed by atoms with Crippen LogP contribution in [0.15, 0.2) is 22.0 Å². The summed E-state index contributed by atoms with van der Waals surface area (Å²) in [5, 5.41) is 5.37. The van der Waals surface area contributed by atoms with Gasteiger partial charge in [-0.15, -0.1) is 0 Å². The zero-order valence-corrected chi connectivity index (χ0v) is 10.3. The van der Waals surface area contributed by atoms with Crippen LogP contribution in [0.25, 0.3) is 0 Å². The quantitative estimate of drug-likeness (QED) is 0.650. The average molecular weight is 298 g/mol. The van der Waals surface area contributed by atoms with Crippen molar-refractivity contribution in [3.8, 4) is 0 Å². The van der Waals surface area contributed by atoms with Gasteiger partial charge in [-0.3, -0.25) is 0 Å². The minimum atomic E-state index is -3.39. The maximum absolute atomic E-state index is 10.6. The van der Waals surface area contributed by atoms with Crippen LogP contribution in [0, 0.1) is 0 Å². The van der Waals surface area contributed by atoms with Gasteiger partial charge in [0, 0.05) is 18.1 Å². The summed E-state index contributed by atoms with van der Waals surface area (Å²) < 4.78 is 22.0. The van der Waals surface area contributed by atoms with Crippen LogP contribution in [0.2, 0.25) is 0 Å². The number of sulfonamides is 1. The van der Waals surface area contributed by atoms with Crippen LogP contribution in [-0.4, -0.2) is 29.9 Å². The fourth-order valence-electron chi connectivity index (χ4n) is 0.624. The Morgan fingerprint density at radius 1 is 1.43 bits per heavy atom. The highest BCUT2D eigenvalue weighted by Crippen LogP contribution is 2.13. The summed E-state index contributed by atoms with van der Waals surface area (Å²) in [6, 6.07) is 0. The van der Waals surface area contributed by atoms with Crippen molar-refractivity contribution in [2.24, 2.45) is 5.14 Å². The highest BCUT2D eigenvalue weighted by Gasteiger charge is 2.04. The predicted molar refractivity (Wildman–Crippen MR) is 58.4 cm³/mol. The summed E-state index contributed by atoms with van der Waals surface area (Å²) >= 11 is 4.45. The normalized spacial score (nSPS) is 11.6. The van der Waals surface area contributed by atoms with E-state index in [4.69, 9.17) is 5.14 Å². The van der Waals surface area contributed by atoms with Crippen LogP contribution in [0.3, 0.4) is 0 Å². The molecule has 1 rings (SSSR count). The van der Waals surface area contributed by atoms with Gasteiger partial charge < -0.3 is 0 Å². The van der Waals surface area contributed by atoms with Gasteiger partial charge in [0.1, 0.15) is 0 Å². The molecule has 0 aliphatic carbocycles. The molecule has 8 heteroatoms. The van der Waals surface area contributed by atoms with Gasteiger partial charge in [0.05, 0.1) is 10.2 Å². The second-order valence-electron chi connectivity index (χ2n) is 2.40. The lowest BCUT2D eigenvalue weighted by Gasteiger charge is -1.98. The number of hydrogen-bond donors (Lipinski definition) is 1. The first-order valence-corrected chi connectivity index (χ1v) is 7.07. The van der Waals surface area contributed by atoms with Gasteiger partial charge in [0.2, 0.25) is 10.0 Å². The van der Waals surface area contributed by atoms with Crippen molar-refractivity contribution in [2.75, 3.05) is 11.5 Å². The van der Waals surface area contributed by atoms with Crippen molar-refractivity contribution in [1.29, 1.82) is 0 Å². The van der Waals surface area contributed by atoms with E-state index < -0.39 is 10.0 Å². The number of thioether (sulfide) groups is 1. The molecule has 0 atom stereocenters. The van der Waals surface area contributed by atoms with Gasteiger partial charge in [-0.05, 0) is 15.9 Å². The Morgan fingerprint density at radius 3 is 2.50 bits per heavy atom. The second-order valence-corrected chi connectivity index (χ2v) is 6.11. The molecule has 0 amide bonds. The van der Waals surface area contributed by atoms with Crippen LogP contribution in [0.4, 0.5) is 0 Å². The highest BCUT2D eigenvalue weighted by molar-refractivity contribution is 9.10. The minimum Gasteiger partial charge on any atom is -0.230 e. The van der Waals surface area contributed by atoms with E-state index in [-0.39, 0.29) is 5.75 Å². The summed E-state index contributed by atoms with van der Waals surface area (Å²) in [6.45, 7) is 0. The van der Waals surface area contributed by atoms with Gasteiger partial charge in [-0.25, -0.2) is 23.5 Å². The third-order valence-corrected chi connectivity index (χ3v) is 3.51. The maximum Gasteiger partial charge on any atom is 0.209 e. The summed E-state index contributed by atoms with van der Waals surface area (Å²) in [7, 11) is -3.39. The lowest BCUT2D eigenvalue weighted by Crippen LogP contribution is -2.17. The molecule has 0 bridgehead atoms. The number of nitrogens with two attached hydrogens (primary N) is 1. The van der Waals surface area contributed by atoms with Crippen molar-refractivity contribution in [3.63, 3.8) is 0 Å². The summed E-state index contributed by atoms with van der Waals surface area (Å²) in [5.41, 5.74) is 0. The average Bonchev–Trinajstić information content (AvgIpc) is 2.06. The van der Waals surface area contributed by atoms with E-state index in [0.29, 0.717) is 10.9 Å². The maximum atomic E-state index is 10.6. The largest absolute Gasteiger partial charge is 0.230 e. The molecule has 14 heavy (non-hydrogen) atoms. The van der Waals surface area contributed by atoms with E-state index in [1.165, 1.54) is 11.8 Å². The zero-order chi connectivity index (χ0) is 10.6. The molecule has 0 radical (unpaired) electrons. The topological polar surface area (TPSA) is 85.9 Å². The molecular formula is C6H8BrN3O2S2. The smallest absolute Gasteiger partial charge is 0.209 e. The van der Waals surface area contributed by atoms with E-state index in [1.807, 2.05) is 0 Å². The van der Waals surface area contributed by atoms with E-state index in [9.17, 15) is 8.42 Å². The molecule has 1 heterocycles. The molecule has 0 spiro atoms. The molecule has 5 nitrogen and oxygen atoms in total. The van der Waals surface area contributed by atoms with Gasteiger partial charge in [-0.2, -0.15) is 0 Å². The standard InChI is InChI=1S/C6H8BrN3O2S2/c7-5-3-9-6(10-4-5)13-1-2-14(8,11)12/h3-4H,1-2H2,(H2,8,11,12). The lowest BCUT2D eigenvalue weighted by atomic mass is 10.7. The van der Waals surface area contributed by atoms with Crippen LogP contribution in [0.5, 0.6) is 0 Å². The van der Waals surface area contributed by atoms with Crippen LogP contribution in [0.1, 0.15) is 0 Å². The highest BCUT2D eigenvalue weighted by atomic mass is 79.9. The van der Waals surface area contributed by atoms with Gasteiger partial charge >= 0.3 is 0 Å². The molecule has 1 aromatic rings. The van der Waals surface area contributed by atoms with Gasteiger partial charge in [0.15, 0.2) is 5.16 Å². The predicted octanol–water partition coefficient (Wildman–Crippen LogP) is 0.620. The van der Waals surface area contributed by atoms with Crippen molar-refractivity contribution < 1.29 is 8.42 Å². The summed E-state index contributed by atoms with van der Waals surface area (Å²) in [6.07, 6.45) is 3.21. The van der Waals surface area contributed by atoms with Crippen molar-refractivity contribution in [1.82, 2.24) is 9.97 Å². The van der Waals surface area contributed by atoms with Crippen LogP contribution in [-0.2, 0) is 10.0 Å².